The Balaban J connectivity index is 2.08. The number of hydrogen-bond donors (Lipinski definition) is 1. The second-order valence-electron chi connectivity index (χ2n) is 5.75. The molecule has 20 heavy (non-hydrogen) atoms. The maximum atomic E-state index is 6.01. The first-order valence-electron chi connectivity index (χ1n) is 7.80. The zero-order valence-electron chi connectivity index (χ0n) is 12.4. The van der Waals surface area contributed by atoms with Crippen molar-refractivity contribution < 1.29 is 0 Å². The molecule has 0 aliphatic heterocycles. The maximum Gasteiger partial charge on any atom is 0.0816 e. The SMILES string of the molecule is CCN(CC(C(N)=S)c1ccccc1)C1CCCCC1. The molecule has 1 aromatic rings. The highest BCUT2D eigenvalue weighted by molar-refractivity contribution is 7.80. The van der Waals surface area contributed by atoms with Crippen LogP contribution in [0.15, 0.2) is 30.3 Å². The van der Waals surface area contributed by atoms with Gasteiger partial charge in [0.25, 0.3) is 0 Å². The monoisotopic (exact) mass is 290 g/mol. The highest BCUT2D eigenvalue weighted by Gasteiger charge is 2.24. The van der Waals surface area contributed by atoms with Gasteiger partial charge in [-0.15, -0.1) is 0 Å². The molecule has 2 N–H and O–H groups in total. The smallest absolute Gasteiger partial charge is 0.0816 e. The molecule has 1 aliphatic carbocycles. The summed E-state index contributed by atoms with van der Waals surface area (Å²) in [6.45, 7) is 4.29. The molecule has 0 radical (unpaired) electrons. The molecular weight excluding hydrogens is 264 g/mol. The summed E-state index contributed by atoms with van der Waals surface area (Å²) in [5.74, 6) is 0.174. The van der Waals surface area contributed by atoms with Gasteiger partial charge in [-0.3, -0.25) is 4.90 Å². The van der Waals surface area contributed by atoms with Gasteiger partial charge in [0.15, 0.2) is 0 Å². The van der Waals surface area contributed by atoms with E-state index in [0.717, 1.165) is 13.1 Å². The second-order valence-corrected chi connectivity index (χ2v) is 6.22. The lowest BCUT2D eigenvalue weighted by Gasteiger charge is -2.35. The van der Waals surface area contributed by atoms with Gasteiger partial charge in [0.2, 0.25) is 0 Å². The van der Waals surface area contributed by atoms with E-state index in [1.165, 1.54) is 37.7 Å². The molecule has 110 valence electrons. The van der Waals surface area contributed by atoms with Crippen molar-refractivity contribution in [3.63, 3.8) is 0 Å². The Morgan fingerprint density at radius 3 is 2.45 bits per heavy atom. The third-order valence-electron chi connectivity index (χ3n) is 4.46. The van der Waals surface area contributed by atoms with E-state index >= 15 is 0 Å². The number of benzene rings is 1. The van der Waals surface area contributed by atoms with E-state index < -0.39 is 0 Å². The number of nitrogens with zero attached hydrogens (tertiary/aromatic N) is 1. The molecule has 0 heterocycles. The summed E-state index contributed by atoms with van der Waals surface area (Å²) in [4.78, 5) is 3.20. The minimum atomic E-state index is 0.174. The molecule has 1 aliphatic rings. The van der Waals surface area contributed by atoms with Crippen molar-refractivity contribution in [3.8, 4) is 0 Å². The molecular formula is C17H26N2S. The highest BCUT2D eigenvalue weighted by Crippen LogP contribution is 2.25. The third-order valence-corrected chi connectivity index (χ3v) is 4.74. The lowest BCUT2D eigenvalue weighted by Crippen LogP contribution is -2.41. The van der Waals surface area contributed by atoms with Crippen molar-refractivity contribution in [2.24, 2.45) is 5.73 Å². The van der Waals surface area contributed by atoms with Crippen molar-refractivity contribution in [2.45, 2.75) is 51.0 Å². The molecule has 0 spiro atoms. The summed E-state index contributed by atoms with van der Waals surface area (Å²) in [5, 5.41) is 0. The van der Waals surface area contributed by atoms with Gasteiger partial charge in [0.1, 0.15) is 0 Å². The van der Waals surface area contributed by atoms with Crippen LogP contribution in [0.1, 0.15) is 50.5 Å². The molecule has 0 amide bonds. The fourth-order valence-electron chi connectivity index (χ4n) is 3.26. The summed E-state index contributed by atoms with van der Waals surface area (Å²) in [5.41, 5.74) is 7.25. The molecule has 2 nitrogen and oxygen atoms in total. The first-order valence-corrected chi connectivity index (χ1v) is 8.21. The Morgan fingerprint density at radius 2 is 1.90 bits per heavy atom. The van der Waals surface area contributed by atoms with Crippen molar-refractivity contribution in [1.82, 2.24) is 4.90 Å². The van der Waals surface area contributed by atoms with Crippen LogP contribution in [-0.4, -0.2) is 29.0 Å². The lowest BCUT2D eigenvalue weighted by molar-refractivity contribution is 0.162. The standard InChI is InChI=1S/C17H26N2S/c1-2-19(15-11-7-4-8-12-15)13-16(17(18)20)14-9-5-3-6-10-14/h3,5-6,9-10,15-16H,2,4,7-8,11-13H2,1H3,(H2,18,20). The average Bonchev–Trinajstić information content (AvgIpc) is 2.50. The van der Waals surface area contributed by atoms with Crippen molar-refractivity contribution >= 4 is 17.2 Å². The Bertz CT molecular complexity index is 412. The van der Waals surface area contributed by atoms with E-state index in [-0.39, 0.29) is 5.92 Å². The molecule has 3 heteroatoms. The van der Waals surface area contributed by atoms with Crippen LogP contribution in [0.25, 0.3) is 0 Å². The first-order chi connectivity index (χ1) is 9.72. The van der Waals surface area contributed by atoms with Crippen LogP contribution in [0.3, 0.4) is 0 Å². The Morgan fingerprint density at radius 1 is 1.25 bits per heavy atom. The summed E-state index contributed by atoms with van der Waals surface area (Å²) < 4.78 is 0. The number of hydrogen-bond acceptors (Lipinski definition) is 2. The molecule has 0 aromatic heterocycles. The van der Waals surface area contributed by atoms with Crippen LogP contribution in [0.2, 0.25) is 0 Å². The minimum Gasteiger partial charge on any atom is -0.393 e. The van der Waals surface area contributed by atoms with Gasteiger partial charge in [-0.2, -0.15) is 0 Å². The minimum absolute atomic E-state index is 0.174. The van der Waals surface area contributed by atoms with Gasteiger partial charge < -0.3 is 5.73 Å². The fraction of sp³-hybridized carbons (Fsp3) is 0.588. The van der Waals surface area contributed by atoms with E-state index in [2.05, 4.69) is 36.1 Å². The van der Waals surface area contributed by atoms with Crippen LogP contribution < -0.4 is 5.73 Å². The fourth-order valence-corrected chi connectivity index (χ4v) is 3.47. The van der Waals surface area contributed by atoms with E-state index in [1.54, 1.807) is 0 Å². The Hall–Kier alpha value is -0.930. The van der Waals surface area contributed by atoms with Gasteiger partial charge in [0.05, 0.1) is 4.99 Å². The largest absolute Gasteiger partial charge is 0.393 e. The predicted molar refractivity (Wildman–Crippen MR) is 90.1 cm³/mol. The van der Waals surface area contributed by atoms with E-state index in [4.69, 9.17) is 18.0 Å². The zero-order chi connectivity index (χ0) is 14.4. The topological polar surface area (TPSA) is 29.3 Å². The molecule has 1 unspecified atom stereocenters. The van der Waals surface area contributed by atoms with Gasteiger partial charge in [-0.25, -0.2) is 0 Å². The van der Waals surface area contributed by atoms with Crippen LogP contribution in [0.4, 0.5) is 0 Å². The Labute approximate surface area is 128 Å². The number of thiocarbonyl (C=S) groups is 1. The van der Waals surface area contributed by atoms with Gasteiger partial charge in [-0.1, -0.05) is 68.7 Å². The van der Waals surface area contributed by atoms with Crippen LogP contribution in [-0.2, 0) is 0 Å². The predicted octanol–water partition coefficient (Wildman–Crippen LogP) is 3.71. The van der Waals surface area contributed by atoms with Crippen molar-refractivity contribution in [3.05, 3.63) is 35.9 Å². The highest BCUT2D eigenvalue weighted by atomic mass is 32.1. The van der Waals surface area contributed by atoms with Gasteiger partial charge >= 0.3 is 0 Å². The quantitative estimate of drug-likeness (QED) is 0.810. The van der Waals surface area contributed by atoms with Crippen molar-refractivity contribution in [2.75, 3.05) is 13.1 Å². The van der Waals surface area contributed by atoms with Crippen LogP contribution in [0.5, 0.6) is 0 Å². The maximum absolute atomic E-state index is 6.01. The lowest BCUT2D eigenvalue weighted by atomic mass is 9.92. The summed E-state index contributed by atoms with van der Waals surface area (Å²) >= 11 is 5.32. The van der Waals surface area contributed by atoms with Crippen LogP contribution >= 0.6 is 12.2 Å². The second kappa shape index (κ2) is 7.75. The van der Waals surface area contributed by atoms with Gasteiger partial charge in [-0.05, 0) is 24.9 Å². The van der Waals surface area contributed by atoms with Crippen LogP contribution in [0, 0.1) is 0 Å². The first kappa shape index (κ1) is 15.5. The number of rotatable bonds is 6. The average molecular weight is 290 g/mol. The normalized spacial score (nSPS) is 18.1. The molecule has 0 saturated heterocycles. The summed E-state index contributed by atoms with van der Waals surface area (Å²) in [7, 11) is 0. The van der Waals surface area contributed by atoms with Crippen molar-refractivity contribution in [1.29, 1.82) is 0 Å². The molecule has 1 atom stereocenters. The summed E-state index contributed by atoms with van der Waals surface area (Å²) in [6, 6.07) is 11.2. The molecule has 2 rings (SSSR count). The Kier molecular flexibility index (Phi) is 5.99. The van der Waals surface area contributed by atoms with E-state index in [0.29, 0.717) is 11.0 Å². The molecule has 1 aromatic carbocycles. The van der Waals surface area contributed by atoms with E-state index in [1.807, 2.05) is 6.07 Å². The van der Waals surface area contributed by atoms with Gasteiger partial charge in [0, 0.05) is 18.5 Å². The summed E-state index contributed by atoms with van der Waals surface area (Å²) in [6.07, 6.45) is 6.78. The number of likely N-dealkylation sites (N-methyl/N-ethyl adjacent to an activating group) is 1. The zero-order valence-corrected chi connectivity index (χ0v) is 13.2. The molecule has 0 bridgehead atoms. The molecule has 1 fully saturated rings. The van der Waals surface area contributed by atoms with E-state index in [9.17, 15) is 0 Å². The molecule has 1 saturated carbocycles. The third kappa shape index (κ3) is 4.03. The number of nitrogens with two attached hydrogens (primary N) is 1.